The second-order valence-electron chi connectivity index (χ2n) is 11.4. The molecule has 1 saturated carbocycles. The fourth-order valence-electron chi connectivity index (χ4n) is 6.76. The molecular weight excluding hydrogens is 480 g/mol. The highest BCUT2D eigenvalue weighted by Crippen LogP contribution is 2.34. The van der Waals surface area contributed by atoms with Crippen molar-refractivity contribution in [1.29, 1.82) is 0 Å². The van der Waals surface area contributed by atoms with Gasteiger partial charge in [0.2, 0.25) is 0 Å². The Bertz CT molecular complexity index is 1480. The van der Waals surface area contributed by atoms with E-state index in [1.165, 1.54) is 60.7 Å². The lowest BCUT2D eigenvalue weighted by Crippen LogP contribution is -2.33. The Morgan fingerprint density at radius 1 is 0.692 bits per heavy atom. The number of aromatic nitrogens is 2. The summed E-state index contributed by atoms with van der Waals surface area (Å²) in [6.45, 7) is 4.49. The fraction of sp³-hybridized carbons (Fsp3) is 0.424. The summed E-state index contributed by atoms with van der Waals surface area (Å²) < 4.78 is 0. The van der Waals surface area contributed by atoms with Gasteiger partial charge in [-0.15, -0.1) is 0 Å². The van der Waals surface area contributed by atoms with Gasteiger partial charge in [0.05, 0.1) is 11.0 Å². The average molecular weight is 519 g/mol. The largest absolute Gasteiger partial charge is 0.371 e. The highest BCUT2D eigenvalue weighted by atomic mass is 15.2. The summed E-state index contributed by atoms with van der Waals surface area (Å²) in [6, 6.07) is 21.9. The predicted octanol–water partition coefficient (Wildman–Crippen LogP) is 7.36. The normalized spacial score (nSPS) is 21.9. The van der Waals surface area contributed by atoms with Crippen LogP contribution in [-0.4, -0.2) is 48.4 Å². The van der Waals surface area contributed by atoms with Gasteiger partial charge in [-0.05, 0) is 50.7 Å². The van der Waals surface area contributed by atoms with Gasteiger partial charge in [-0.1, -0.05) is 49.2 Å². The van der Waals surface area contributed by atoms with E-state index in [2.05, 4.69) is 82.0 Å². The first-order chi connectivity index (χ1) is 19.3. The van der Waals surface area contributed by atoms with E-state index >= 15 is 0 Å². The Kier molecular flexibility index (Phi) is 6.77. The van der Waals surface area contributed by atoms with Crippen molar-refractivity contribution in [2.75, 3.05) is 41.3 Å². The lowest BCUT2D eigenvalue weighted by molar-refractivity contribution is 0.405. The number of anilines is 3. The van der Waals surface area contributed by atoms with Crippen molar-refractivity contribution >= 4 is 51.0 Å². The highest BCUT2D eigenvalue weighted by molar-refractivity contribution is 5.94. The SMILES string of the molecule is C(=Nc1cc(N2CCCC2)c2ccccc2n1)C1CCCCC1Nc1cc(N2CCCC2)c2ccccc2n1. The number of fused-ring (bicyclic) bond motifs is 2. The van der Waals surface area contributed by atoms with Crippen LogP contribution in [0.3, 0.4) is 0 Å². The molecule has 2 saturated heterocycles. The van der Waals surface area contributed by atoms with Crippen LogP contribution in [0.1, 0.15) is 51.4 Å². The van der Waals surface area contributed by atoms with Crippen LogP contribution < -0.4 is 15.1 Å². The third kappa shape index (κ3) is 5.05. The van der Waals surface area contributed by atoms with Gasteiger partial charge < -0.3 is 15.1 Å². The minimum absolute atomic E-state index is 0.320. The van der Waals surface area contributed by atoms with Gasteiger partial charge in [-0.25, -0.2) is 15.0 Å². The molecule has 1 aliphatic carbocycles. The number of nitrogens with one attached hydrogen (secondary N) is 1. The molecule has 6 heteroatoms. The molecule has 4 aromatic rings. The minimum Gasteiger partial charge on any atom is -0.371 e. The van der Waals surface area contributed by atoms with Gasteiger partial charge in [0.15, 0.2) is 5.82 Å². The third-order valence-electron chi connectivity index (χ3n) is 8.82. The summed E-state index contributed by atoms with van der Waals surface area (Å²) >= 11 is 0. The van der Waals surface area contributed by atoms with E-state index in [9.17, 15) is 0 Å². The van der Waals surface area contributed by atoms with Crippen molar-refractivity contribution < 1.29 is 0 Å². The number of hydrogen-bond donors (Lipinski definition) is 1. The van der Waals surface area contributed by atoms with E-state index in [0.717, 1.165) is 61.7 Å². The third-order valence-corrected chi connectivity index (χ3v) is 8.82. The molecule has 4 heterocycles. The summed E-state index contributed by atoms with van der Waals surface area (Å²) in [4.78, 5) is 20.0. The molecule has 39 heavy (non-hydrogen) atoms. The van der Waals surface area contributed by atoms with E-state index in [0.29, 0.717) is 12.0 Å². The van der Waals surface area contributed by atoms with Gasteiger partial charge in [-0.3, -0.25) is 0 Å². The molecule has 2 aromatic carbocycles. The fourth-order valence-corrected chi connectivity index (χ4v) is 6.76. The lowest BCUT2D eigenvalue weighted by atomic mass is 9.85. The van der Waals surface area contributed by atoms with Gasteiger partial charge in [0.1, 0.15) is 5.82 Å². The summed E-state index contributed by atoms with van der Waals surface area (Å²) in [5.41, 5.74) is 4.69. The van der Waals surface area contributed by atoms with Crippen molar-refractivity contribution in [1.82, 2.24) is 9.97 Å². The molecule has 2 aliphatic heterocycles. The zero-order valence-electron chi connectivity index (χ0n) is 22.7. The summed E-state index contributed by atoms with van der Waals surface area (Å²) in [5, 5.41) is 6.33. The molecule has 6 nitrogen and oxygen atoms in total. The molecule has 1 N–H and O–H groups in total. The molecular formula is C33H38N6. The van der Waals surface area contributed by atoms with Crippen molar-refractivity contribution in [3.63, 3.8) is 0 Å². The van der Waals surface area contributed by atoms with Crippen molar-refractivity contribution in [2.45, 2.75) is 57.4 Å². The number of para-hydroxylation sites is 2. The van der Waals surface area contributed by atoms with Gasteiger partial charge in [0.25, 0.3) is 0 Å². The second kappa shape index (κ2) is 10.8. The summed E-state index contributed by atoms with van der Waals surface area (Å²) in [7, 11) is 0. The van der Waals surface area contributed by atoms with Crippen LogP contribution in [0.2, 0.25) is 0 Å². The number of hydrogen-bond acceptors (Lipinski definition) is 6. The van der Waals surface area contributed by atoms with Gasteiger partial charge >= 0.3 is 0 Å². The number of nitrogens with zero attached hydrogens (tertiary/aromatic N) is 5. The molecule has 0 bridgehead atoms. The molecule has 200 valence electrons. The molecule has 2 aromatic heterocycles. The number of aliphatic imine (C=N–C) groups is 1. The standard InChI is InChI=1S/C33H38N6/c1-4-14-27(35-33-22-31(39-19-9-10-20-39)26-13-3-6-16-29(26)37-33)24(11-1)23-34-32-21-30(38-17-7-8-18-38)25-12-2-5-15-28(25)36-32/h2-3,5-6,12-13,15-16,21-24,27H,1,4,7-11,14,17-20H2,(H,35,37). The van der Waals surface area contributed by atoms with Crippen molar-refractivity contribution in [3.05, 3.63) is 60.7 Å². The van der Waals surface area contributed by atoms with Crippen LogP contribution in [0.15, 0.2) is 65.7 Å². The van der Waals surface area contributed by atoms with E-state index in [-0.39, 0.29) is 0 Å². The smallest absolute Gasteiger partial charge is 0.154 e. The maximum Gasteiger partial charge on any atom is 0.154 e. The monoisotopic (exact) mass is 518 g/mol. The van der Waals surface area contributed by atoms with Crippen LogP contribution >= 0.6 is 0 Å². The Morgan fingerprint density at radius 3 is 1.97 bits per heavy atom. The number of rotatable bonds is 6. The second-order valence-corrected chi connectivity index (χ2v) is 11.4. The molecule has 7 rings (SSSR count). The lowest BCUT2D eigenvalue weighted by Gasteiger charge is -2.31. The molecule has 0 spiro atoms. The predicted molar refractivity (Wildman–Crippen MR) is 164 cm³/mol. The molecule has 3 fully saturated rings. The molecule has 2 unspecified atom stereocenters. The van der Waals surface area contributed by atoms with E-state index in [4.69, 9.17) is 15.0 Å². The topological polar surface area (TPSA) is 56.7 Å². The summed E-state index contributed by atoms with van der Waals surface area (Å²) in [5.74, 6) is 2.16. The highest BCUT2D eigenvalue weighted by Gasteiger charge is 2.25. The number of benzene rings is 2. The Hall–Kier alpha value is -3.67. The first-order valence-corrected chi connectivity index (χ1v) is 14.9. The zero-order chi connectivity index (χ0) is 26.0. The van der Waals surface area contributed by atoms with Gasteiger partial charge in [-0.2, -0.15) is 0 Å². The molecule has 0 amide bonds. The quantitative estimate of drug-likeness (QED) is 0.270. The van der Waals surface area contributed by atoms with E-state index in [1.807, 2.05) is 0 Å². The Morgan fingerprint density at radius 2 is 1.28 bits per heavy atom. The Labute approximate surface area is 231 Å². The molecule has 0 radical (unpaired) electrons. The van der Waals surface area contributed by atoms with Crippen molar-refractivity contribution in [3.8, 4) is 0 Å². The maximum atomic E-state index is 5.04. The Balaban J connectivity index is 1.16. The van der Waals surface area contributed by atoms with Crippen LogP contribution in [-0.2, 0) is 0 Å². The van der Waals surface area contributed by atoms with Crippen LogP contribution in [0.4, 0.5) is 23.0 Å². The van der Waals surface area contributed by atoms with E-state index < -0.39 is 0 Å². The molecule has 2 atom stereocenters. The first-order valence-electron chi connectivity index (χ1n) is 14.9. The maximum absolute atomic E-state index is 5.04. The van der Waals surface area contributed by atoms with Crippen LogP contribution in [0.25, 0.3) is 21.8 Å². The minimum atomic E-state index is 0.320. The first kappa shape index (κ1) is 24.4. The van der Waals surface area contributed by atoms with E-state index in [1.54, 1.807) is 0 Å². The number of pyridine rings is 2. The molecule has 3 aliphatic rings. The van der Waals surface area contributed by atoms with Crippen LogP contribution in [0, 0.1) is 5.92 Å². The van der Waals surface area contributed by atoms with Crippen LogP contribution in [0.5, 0.6) is 0 Å². The summed E-state index contributed by atoms with van der Waals surface area (Å²) in [6.07, 6.45) is 12.0. The average Bonchev–Trinajstić information content (AvgIpc) is 3.71. The van der Waals surface area contributed by atoms with Crippen molar-refractivity contribution in [2.24, 2.45) is 10.9 Å². The zero-order valence-corrected chi connectivity index (χ0v) is 22.7. The van der Waals surface area contributed by atoms with Gasteiger partial charge in [0, 0.05) is 78.6 Å².